The van der Waals surface area contributed by atoms with Crippen LogP contribution in [-0.2, 0) is 10.3 Å². The SMILES string of the molecule is NS(=O)(=O)Oc1cccc(OC(F)F)c1. The number of hydrogen-bond donors (Lipinski definition) is 1. The van der Waals surface area contributed by atoms with E-state index in [-0.39, 0.29) is 11.5 Å². The zero-order chi connectivity index (χ0) is 11.5. The summed E-state index contributed by atoms with van der Waals surface area (Å²) in [6, 6.07) is 4.74. The van der Waals surface area contributed by atoms with Crippen molar-refractivity contribution in [3.8, 4) is 11.5 Å². The van der Waals surface area contributed by atoms with E-state index in [9.17, 15) is 17.2 Å². The van der Waals surface area contributed by atoms with Crippen LogP contribution in [0.4, 0.5) is 8.78 Å². The summed E-state index contributed by atoms with van der Waals surface area (Å²) in [6.45, 7) is -2.99. The number of hydrogen-bond acceptors (Lipinski definition) is 4. The minimum Gasteiger partial charge on any atom is -0.435 e. The minimum atomic E-state index is -4.17. The fourth-order valence-electron chi connectivity index (χ4n) is 0.836. The van der Waals surface area contributed by atoms with Gasteiger partial charge in [0.2, 0.25) is 0 Å². The highest BCUT2D eigenvalue weighted by Crippen LogP contribution is 2.21. The Morgan fingerprint density at radius 1 is 1.27 bits per heavy atom. The molecule has 0 saturated carbocycles. The molecule has 0 spiro atoms. The van der Waals surface area contributed by atoms with Gasteiger partial charge in [-0.05, 0) is 12.1 Å². The molecule has 1 aromatic rings. The molecule has 0 radical (unpaired) electrons. The fourth-order valence-corrected chi connectivity index (χ4v) is 1.21. The predicted molar refractivity (Wildman–Crippen MR) is 46.8 cm³/mol. The summed E-state index contributed by atoms with van der Waals surface area (Å²) in [4.78, 5) is 0. The molecular formula is C7H7F2NO4S. The Bertz CT molecular complexity index is 434. The van der Waals surface area contributed by atoms with Crippen molar-refractivity contribution in [3.63, 3.8) is 0 Å². The minimum absolute atomic E-state index is 0.198. The summed E-state index contributed by atoms with van der Waals surface area (Å²) in [7, 11) is -4.17. The molecule has 84 valence electrons. The number of alkyl halides is 2. The average Bonchev–Trinajstić information content (AvgIpc) is 1.99. The molecule has 2 N–H and O–H groups in total. The number of halogens is 2. The topological polar surface area (TPSA) is 78.6 Å². The molecular weight excluding hydrogens is 232 g/mol. The quantitative estimate of drug-likeness (QED) is 0.845. The first-order chi connectivity index (χ1) is 6.87. The summed E-state index contributed by atoms with van der Waals surface area (Å²) in [6.07, 6.45) is 0. The smallest absolute Gasteiger partial charge is 0.387 e. The molecule has 0 fully saturated rings. The van der Waals surface area contributed by atoms with E-state index in [4.69, 9.17) is 0 Å². The van der Waals surface area contributed by atoms with Gasteiger partial charge >= 0.3 is 16.9 Å². The van der Waals surface area contributed by atoms with Gasteiger partial charge < -0.3 is 8.92 Å². The lowest BCUT2D eigenvalue weighted by Crippen LogP contribution is -2.18. The molecule has 0 saturated heterocycles. The van der Waals surface area contributed by atoms with Gasteiger partial charge in [-0.25, -0.2) is 0 Å². The summed E-state index contributed by atoms with van der Waals surface area (Å²) in [5, 5.41) is 4.58. The molecule has 8 heteroatoms. The first-order valence-electron chi connectivity index (χ1n) is 3.64. The first-order valence-corrected chi connectivity index (χ1v) is 5.11. The third kappa shape index (κ3) is 4.56. The lowest BCUT2D eigenvalue weighted by atomic mass is 10.3. The van der Waals surface area contributed by atoms with Crippen LogP contribution in [0, 0.1) is 0 Å². The van der Waals surface area contributed by atoms with E-state index < -0.39 is 16.9 Å². The second-order valence-corrected chi connectivity index (χ2v) is 3.58. The Morgan fingerprint density at radius 2 is 1.87 bits per heavy atom. The maximum atomic E-state index is 11.8. The molecule has 0 unspecified atom stereocenters. The summed E-state index contributed by atoms with van der Waals surface area (Å²) < 4.78 is 52.8. The third-order valence-electron chi connectivity index (χ3n) is 1.24. The first kappa shape index (κ1) is 11.7. The van der Waals surface area contributed by atoms with Gasteiger partial charge in [-0.1, -0.05) is 6.07 Å². The zero-order valence-electron chi connectivity index (χ0n) is 7.26. The van der Waals surface area contributed by atoms with Crippen molar-refractivity contribution in [2.45, 2.75) is 6.61 Å². The van der Waals surface area contributed by atoms with Crippen molar-refractivity contribution in [3.05, 3.63) is 24.3 Å². The average molecular weight is 239 g/mol. The van der Waals surface area contributed by atoms with E-state index in [1.165, 1.54) is 18.2 Å². The van der Waals surface area contributed by atoms with Crippen molar-refractivity contribution in [2.24, 2.45) is 5.14 Å². The Morgan fingerprint density at radius 3 is 2.40 bits per heavy atom. The van der Waals surface area contributed by atoms with Crippen LogP contribution in [0.1, 0.15) is 0 Å². The van der Waals surface area contributed by atoms with Crippen molar-refractivity contribution < 1.29 is 26.1 Å². The third-order valence-corrected chi connectivity index (χ3v) is 1.67. The molecule has 5 nitrogen and oxygen atoms in total. The van der Waals surface area contributed by atoms with Crippen LogP contribution in [-0.4, -0.2) is 15.0 Å². The Labute approximate surface area is 84.7 Å². The van der Waals surface area contributed by atoms with Crippen LogP contribution in [0.2, 0.25) is 0 Å². The van der Waals surface area contributed by atoms with Gasteiger partial charge in [0.15, 0.2) is 0 Å². The Kier molecular flexibility index (Phi) is 3.43. The van der Waals surface area contributed by atoms with E-state index >= 15 is 0 Å². The van der Waals surface area contributed by atoms with Crippen molar-refractivity contribution in [2.75, 3.05) is 0 Å². The van der Waals surface area contributed by atoms with Crippen LogP contribution in [0.25, 0.3) is 0 Å². The molecule has 0 bridgehead atoms. The van der Waals surface area contributed by atoms with Gasteiger partial charge in [0.25, 0.3) is 0 Å². The molecule has 0 amide bonds. The van der Waals surface area contributed by atoms with E-state index in [1.807, 2.05) is 0 Å². The van der Waals surface area contributed by atoms with Gasteiger partial charge in [0.1, 0.15) is 11.5 Å². The second-order valence-electron chi connectivity index (χ2n) is 2.43. The molecule has 1 rings (SSSR count). The van der Waals surface area contributed by atoms with E-state index in [1.54, 1.807) is 0 Å². The normalized spacial score (nSPS) is 11.5. The van der Waals surface area contributed by atoms with Crippen molar-refractivity contribution in [1.29, 1.82) is 0 Å². The number of benzene rings is 1. The van der Waals surface area contributed by atoms with Gasteiger partial charge in [-0.3, -0.25) is 0 Å². The molecule has 0 atom stereocenters. The highest BCUT2D eigenvalue weighted by atomic mass is 32.2. The van der Waals surface area contributed by atoms with Crippen LogP contribution in [0.3, 0.4) is 0 Å². The van der Waals surface area contributed by atoms with Crippen LogP contribution in [0.15, 0.2) is 24.3 Å². The predicted octanol–water partition coefficient (Wildman–Crippen LogP) is 0.870. The summed E-state index contributed by atoms with van der Waals surface area (Å²) in [5.41, 5.74) is 0. The number of nitrogens with two attached hydrogens (primary N) is 1. The van der Waals surface area contributed by atoms with E-state index in [0.29, 0.717) is 0 Å². The molecule has 15 heavy (non-hydrogen) atoms. The van der Waals surface area contributed by atoms with Crippen LogP contribution < -0.4 is 14.1 Å². The zero-order valence-corrected chi connectivity index (χ0v) is 8.08. The number of rotatable bonds is 4. The Hall–Kier alpha value is -1.41. The molecule has 0 aliphatic carbocycles. The van der Waals surface area contributed by atoms with Gasteiger partial charge in [0, 0.05) is 6.07 Å². The molecule has 0 aromatic heterocycles. The maximum Gasteiger partial charge on any atom is 0.387 e. The molecule has 0 aliphatic heterocycles. The maximum absolute atomic E-state index is 11.8. The van der Waals surface area contributed by atoms with Gasteiger partial charge in [-0.15, -0.1) is 0 Å². The van der Waals surface area contributed by atoms with Gasteiger partial charge in [0.05, 0.1) is 0 Å². The molecule has 1 aromatic carbocycles. The fraction of sp³-hybridized carbons (Fsp3) is 0.143. The second kappa shape index (κ2) is 4.41. The summed E-state index contributed by atoms with van der Waals surface area (Å²) in [5.74, 6) is -0.415. The standard InChI is InChI=1S/C7H7F2NO4S/c8-7(9)13-5-2-1-3-6(4-5)14-15(10,11)12/h1-4,7H,(H2,10,11,12). The van der Waals surface area contributed by atoms with Crippen LogP contribution in [0.5, 0.6) is 11.5 Å². The Balaban J connectivity index is 2.83. The van der Waals surface area contributed by atoms with Crippen molar-refractivity contribution >= 4 is 10.3 Å². The highest BCUT2D eigenvalue weighted by molar-refractivity contribution is 7.84. The highest BCUT2D eigenvalue weighted by Gasteiger charge is 2.08. The lowest BCUT2D eigenvalue weighted by Gasteiger charge is -2.06. The molecule has 0 aliphatic rings. The molecule has 0 heterocycles. The number of ether oxygens (including phenoxy) is 1. The van der Waals surface area contributed by atoms with E-state index in [0.717, 1.165) is 6.07 Å². The van der Waals surface area contributed by atoms with Gasteiger partial charge in [-0.2, -0.15) is 22.3 Å². The van der Waals surface area contributed by atoms with Crippen LogP contribution >= 0.6 is 0 Å². The van der Waals surface area contributed by atoms with E-state index in [2.05, 4.69) is 14.1 Å². The lowest BCUT2D eigenvalue weighted by molar-refractivity contribution is -0.0498. The largest absolute Gasteiger partial charge is 0.435 e. The summed E-state index contributed by atoms with van der Waals surface area (Å²) >= 11 is 0. The van der Waals surface area contributed by atoms with Crippen molar-refractivity contribution in [1.82, 2.24) is 0 Å². The monoisotopic (exact) mass is 239 g/mol.